The SMILES string of the molecule is O=C(c1cnco1)N1CCC2CC21C(=O)NC1CCC1. The molecule has 2 heterocycles. The molecule has 1 N–H and O–H groups in total. The van der Waals surface area contributed by atoms with Gasteiger partial charge in [0.15, 0.2) is 6.39 Å². The van der Waals surface area contributed by atoms with Gasteiger partial charge in [-0.2, -0.15) is 0 Å². The molecule has 3 fully saturated rings. The maximum atomic E-state index is 12.5. The zero-order valence-corrected chi connectivity index (χ0v) is 11.2. The van der Waals surface area contributed by atoms with E-state index in [9.17, 15) is 9.59 Å². The molecule has 0 spiro atoms. The molecule has 0 radical (unpaired) electrons. The van der Waals surface area contributed by atoms with Crippen LogP contribution in [0.15, 0.2) is 17.0 Å². The van der Waals surface area contributed by atoms with E-state index < -0.39 is 5.54 Å². The van der Waals surface area contributed by atoms with Gasteiger partial charge in [0.1, 0.15) is 5.54 Å². The van der Waals surface area contributed by atoms with Crippen molar-refractivity contribution in [2.24, 2.45) is 5.92 Å². The zero-order chi connectivity index (χ0) is 13.7. The number of carbonyl (C=O) groups is 2. The predicted molar refractivity (Wildman–Crippen MR) is 68.8 cm³/mol. The van der Waals surface area contributed by atoms with E-state index in [1.54, 1.807) is 4.90 Å². The van der Waals surface area contributed by atoms with Gasteiger partial charge in [0.25, 0.3) is 5.91 Å². The molecule has 6 nitrogen and oxygen atoms in total. The molecule has 2 unspecified atom stereocenters. The molecule has 1 aliphatic heterocycles. The molecule has 106 valence electrons. The third kappa shape index (κ3) is 1.53. The number of fused-ring (bicyclic) bond motifs is 1. The summed E-state index contributed by atoms with van der Waals surface area (Å²) in [5.41, 5.74) is -0.612. The van der Waals surface area contributed by atoms with Crippen molar-refractivity contribution in [3.8, 4) is 0 Å². The van der Waals surface area contributed by atoms with Gasteiger partial charge in [-0.25, -0.2) is 4.98 Å². The molecule has 2 amide bonds. The van der Waals surface area contributed by atoms with Gasteiger partial charge in [0.05, 0.1) is 6.20 Å². The summed E-state index contributed by atoms with van der Waals surface area (Å²) in [6, 6.07) is 0.306. The number of rotatable bonds is 3. The van der Waals surface area contributed by atoms with E-state index in [-0.39, 0.29) is 17.6 Å². The molecule has 2 saturated carbocycles. The Hall–Kier alpha value is -1.85. The molecular weight excluding hydrogens is 258 g/mol. The van der Waals surface area contributed by atoms with E-state index in [1.165, 1.54) is 19.0 Å². The molecule has 4 rings (SSSR count). The molecule has 1 aromatic heterocycles. The van der Waals surface area contributed by atoms with Crippen LogP contribution in [0, 0.1) is 5.92 Å². The van der Waals surface area contributed by atoms with Gasteiger partial charge in [-0.3, -0.25) is 9.59 Å². The van der Waals surface area contributed by atoms with Crippen molar-refractivity contribution in [1.29, 1.82) is 0 Å². The average molecular weight is 275 g/mol. The Morgan fingerprint density at radius 3 is 2.85 bits per heavy atom. The van der Waals surface area contributed by atoms with Crippen molar-refractivity contribution in [3.63, 3.8) is 0 Å². The third-order valence-electron chi connectivity index (χ3n) is 4.98. The van der Waals surface area contributed by atoms with Crippen LogP contribution in [-0.4, -0.2) is 39.8 Å². The Morgan fingerprint density at radius 2 is 2.25 bits per heavy atom. The molecule has 3 aliphatic rings. The Labute approximate surface area is 116 Å². The first kappa shape index (κ1) is 11.9. The number of piperidine rings is 1. The monoisotopic (exact) mass is 275 g/mol. The van der Waals surface area contributed by atoms with Gasteiger partial charge in [-0.05, 0) is 38.0 Å². The Bertz CT molecular complexity index is 552. The van der Waals surface area contributed by atoms with Crippen LogP contribution >= 0.6 is 0 Å². The highest BCUT2D eigenvalue weighted by Gasteiger charge is 2.68. The molecule has 2 aliphatic carbocycles. The lowest BCUT2D eigenvalue weighted by Crippen LogP contribution is -2.53. The van der Waals surface area contributed by atoms with Crippen molar-refractivity contribution >= 4 is 11.8 Å². The van der Waals surface area contributed by atoms with Crippen molar-refractivity contribution in [2.75, 3.05) is 6.54 Å². The summed E-state index contributed by atoms with van der Waals surface area (Å²) in [6.07, 6.45) is 7.64. The van der Waals surface area contributed by atoms with E-state index in [0.717, 1.165) is 25.7 Å². The lowest BCUT2D eigenvalue weighted by Gasteiger charge is -2.32. The number of likely N-dealkylation sites (tertiary alicyclic amines) is 1. The molecule has 1 saturated heterocycles. The normalized spacial score (nSPS) is 31.6. The van der Waals surface area contributed by atoms with Gasteiger partial charge < -0.3 is 14.6 Å². The van der Waals surface area contributed by atoms with Crippen LogP contribution in [0.4, 0.5) is 0 Å². The molecule has 6 heteroatoms. The van der Waals surface area contributed by atoms with Crippen LogP contribution in [0.1, 0.15) is 42.7 Å². The third-order valence-corrected chi connectivity index (χ3v) is 4.98. The van der Waals surface area contributed by atoms with Crippen molar-refractivity contribution in [1.82, 2.24) is 15.2 Å². The molecule has 0 aromatic carbocycles. The van der Waals surface area contributed by atoms with Crippen LogP contribution in [-0.2, 0) is 4.79 Å². The van der Waals surface area contributed by atoms with Gasteiger partial charge in [-0.1, -0.05) is 0 Å². The van der Waals surface area contributed by atoms with E-state index in [0.29, 0.717) is 18.5 Å². The van der Waals surface area contributed by atoms with E-state index in [4.69, 9.17) is 4.42 Å². The van der Waals surface area contributed by atoms with Gasteiger partial charge in [0, 0.05) is 12.6 Å². The number of nitrogens with zero attached hydrogens (tertiary/aromatic N) is 2. The largest absolute Gasteiger partial charge is 0.438 e. The predicted octanol–water partition coefficient (Wildman–Crippen LogP) is 0.948. The summed E-state index contributed by atoms with van der Waals surface area (Å²) in [5.74, 6) is 0.339. The van der Waals surface area contributed by atoms with Crippen LogP contribution < -0.4 is 5.32 Å². The maximum Gasteiger partial charge on any atom is 0.292 e. The lowest BCUT2D eigenvalue weighted by molar-refractivity contribution is -0.128. The fourth-order valence-corrected chi connectivity index (χ4v) is 3.47. The highest BCUT2D eigenvalue weighted by molar-refractivity contribution is 6.00. The van der Waals surface area contributed by atoms with E-state index in [2.05, 4.69) is 10.3 Å². The second kappa shape index (κ2) is 4.07. The topological polar surface area (TPSA) is 75.4 Å². The summed E-state index contributed by atoms with van der Waals surface area (Å²) < 4.78 is 5.08. The van der Waals surface area contributed by atoms with Crippen LogP contribution in [0.2, 0.25) is 0 Å². The summed E-state index contributed by atoms with van der Waals surface area (Å²) in [7, 11) is 0. The summed E-state index contributed by atoms with van der Waals surface area (Å²) in [5, 5.41) is 3.09. The zero-order valence-electron chi connectivity index (χ0n) is 11.2. The number of nitrogens with one attached hydrogen (secondary N) is 1. The van der Waals surface area contributed by atoms with Gasteiger partial charge >= 0.3 is 0 Å². The fraction of sp³-hybridized carbons (Fsp3) is 0.643. The first-order valence-electron chi connectivity index (χ1n) is 7.23. The number of hydrogen-bond donors (Lipinski definition) is 1. The van der Waals surface area contributed by atoms with Crippen LogP contribution in [0.3, 0.4) is 0 Å². The standard InChI is InChI=1S/C14H17N3O3/c18-12(11-7-15-8-20-11)17-5-4-9-6-14(9,17)13(19)16-10-2-1-3-10/h7-10H,1-6H2,(H,16,19). The second-order valence-electron chi connectivity index (χ2n) is 6.04. The summed E-state index contributed by atoms with van der Waals surface area (Å²) in [6.45, 7) is 0.627. The molecule has 1 aromatic rings. The average Bonchev–Trinajstić information content (AvgIpc) is 2.81. The minimum atomic E-state index is -0.612. The van der Waals surface area contributed by atoms with E-state index >= 15 is 0 Å². The maximum absolute atomic E-state index is 12.5. The van der Waals surface area contributed by atoms with Gasteiger partial charge in [0.2, 0.25) is 11.7 Å². The lowest BCUT2D eigenvalue weighted by atomic mass is 9.92. The quantitative estimate of drug-likeness (QED) is 0.891. The highest BCUT2D eigenvalue weighted by Crippen LogP contribution is 2.56. The molecule has 0 bridgehead atoms. The summed E-state index contributed by atoms with van der Waals surface area (Å²) >= 11 is 0. The first-order valence-corrected chi connectivity index (χ1v) is 7.23. The number of amides is 2. The van der Waals surface area contributed by atoms with Crippen molar-refractivity contribution in [2.45, 2.75) is 43.7 Å². The fourth-order valence-electron chi connectivity index (χ4n) is 3.47. The highest BCUT2D eigenvalue weighted by atomic mass is 16.3. The summed E-state index contributed by atoms with van der Waals surface area (Å²) in [4.78, 5) is 30.4. The van der Waals surface area contributed by atoms with E-state index in [1.807, 2.05) is 0 Å². The van der Waals surface area contributed by atoms with Crippen molar-refractivity contribution in [3.05, 3.63) is 18.4 Å². The minimum Gasteiger partial charge on any atom is -0.438 e. The van der Waals surface area contributed by atoms with Crippen molar-refractivity contribution < 1.29 is 14.0 Å². The molecule has 20 heavy (non-hydrogen) atoms. The Kier molecular flexibility index (Phi) is 2.43. The molecule has 2 atom stereocenters. The Morgan fingerprint density at radius 1 is 1.40 bits per heavy atom. The van der Waals surface area contributed by atoms with Crippen LogP contribution in [0.25, 0.3) is 0 Å². The van der Waals surface area contributed by atoms with Gasteiger partial charge in [-0.15, -0.1) is 0 Å². The first-order chi connectivity index (χ1) is 9.72. The number of hydrogen-bond acceptors (Lipinski definition) is 4. The number of oxazole rings is 1. The Balaban J connectivity index is 1.54. The minimum absolute atomic E-state index is 0.0255. The number of carbonyl (C=O) groups excluding carboxylic acids is 2. The smallest absolute Gasteiger partial charge is 0.292 e. The number of aromatic nitrogens is 1. The molecular formula is C14H17N3O3. The van der Waals surface area contributed by atoms with Crippen LogP contribution in [0.5, 0.6) is 0 Å². The second-order valence-corrected chi connectivity index (χ2v) is 6.04.